The molecule has 0 aliphatic carbocycles. The first-order valence-corrected chi connectivity index (χ1v) is 11.2. The Bertz CT molecular complexity index is 1400. The Morgan fingerprint density at radius 1 is 1.12 bits per heavy atom. The molecule has 0 saturated carbocycles. The van der Waals surface area contributed by atoms with Crippen molar-refractivity contribution in [1.82, 2.24) is 9.97 Å². The van der Waals surface area contributed by atoms with Gasteiger partial charge in [0.05, 0.1) is 34.1 Å². The molecule has 0 aliphatic heterocycles. The molecule has 2 aromatic carbocycles. The first-order valence-electron chi connectivity index (χ1n) is 10.8. The smallest absolute Gasteiger partial charge is 0.146 e. The van der Waals surface area contributed by atoms with Crippen molar-refractivity contribution in [1.29, 1.82) is 5.26 Å². The molecule has 4 aromatic rings. The fourth-order valence-corrected chi connectivity index (χ4v) is 3.70. The molecular weight excluding hydrogens is 450 g/mol. The van der Waals surface area contributed by atoms with Gasteiger partial charge in [0.15, 0.2) is 0 Å². The molecule has 0 atom stereocenters. The van der Waals surface area contributed by atoms with E-state index >= 15 is 0 Å². The Morgan fingerprint density at radius 3 is 2.65 bits per heavy atom. The highest BCUT2D eigenvalue weighted by atomic mass is 35.5. The maximum atomic E-state index is 9.65. The summed E-state index contributed by atoms with van der Waals surface area (Å²) in [6.07, 6.45) is 3.24. The molecular formula is C26H24ClN5O2. The lowest BCUT2D eigenvalue weighted by molar-refractivity contribution is 0.342. The first-order chi connectivity index (χ1) is 16.4. The second-order valence-electron chi connectivity index (χ2n) is 7.94. The molecule has 0 amide bonds. The van der Waals surface area contributed by atoms with Gasteiger partial charge in [0.2, 0.25) is 0 Å². The summed E-state index contributed by atoms with van der Waals surface area (Å²) in [5.41, 5.74) is 9.88. The van der Waals surface area contributed by atoms with Gasteiger partial charge in [-0.05, 0) is 43.2 Å². The van der Waals surface area contributed by atoms with E-state index in [4.69, 9.17) is 26.8 Å². The van der Waals surface area contributed by atoms with E-state index in [9.17, 15) is 5.26 Å². The fourth-order valence-electron chi connectivity index (χ4n) is 3.48. The third-order valence-corrected chi connectivity index (χ3v) is 5.49. The van der Waals surface area contributed by atoms with E-state index in [2.05, 4.69) is 35.2 Å². The third kappa shape index (κ3) is 4.82. The molecule has 0 unspecified atom stereocenters. The summed E-state index contributed by atoms with van der Waals surface area (Å²) in [4.78, 5) is 8.74. The molecule has 2 aromatic heterocycles. The van der Waals surface area contributed by atoms with Crippen LogP contribution in [0.1, 0.15) is 37.9 Å². The van der Waals surface area contributed by atoms with Gasteiger partial charge in [-0.25, -0.2) is 0 Å². The summed E-state index contributed by atoms with van der Waals surface area (Å²) in [6, 6.07) is 14.7. The average molecular weight is 474 g/mol. The number of fused-ring (bicyclic) bond motifs is 1. The number of nitrogens with two attached hydrogens (primary N) is 1. The molecule has 0 fully saturated rings. The number of aromatic nitrogens is 2. The largest absolute Gasteiger partial charge is 0.492 e. The van der Waals surface area contributed by atoms with Gasteiger partial charge in [-0.3, -0.25) is 9.97 Å². The second-order valence-corrected chi connectivity index (χ2v) is 8.35. The van der Waals surface area contributed by atoms with Crippen LogP contribution in [0.5, 0.6) is 17.2 Å². The fraction of sp³-hybridized carbons (Fsp3) is 0.192. The lowest BCUT2D eigenvalue weighted by Crippen LogP contribution is -2.01. The van der Waals surface area contributed by atoms with Crippen LogP contribution in [0.25, 0.3) is 10.9 Å². The number of benzene rings is 2. The van der Waals surface area contributed by atoms with Crippen LogP contribution in [-0.4, -0.2) is 16.6 Å². The van der Waals surface area contributed by atoms with Crippen LogP contribution in [0.3, 0.4) is 0 Å². The lowest BCUT2D eigenvalue weighted by atomic mass is 10.1. The molecule has 0 spiro atoms. The summed E-state index contributed by atoms with van der Waals surface area (Å²) in [5.74, 6) is 2.01. The maximum absolute atomic E-state index is 9.65. The van der Waals surface area contributed by atoms with Crippen LogP contribution >= 0.6 is 11.6 Å². The Balaban J connectivity index is 1.66. The number of hydrogen-bond donors (Lipinski definition) is 2. The van der Waals surface area contributed by atoms with Crippen molar-refractivity contribution in [3.63, 3.8) is 0 Å². The van der Waals surface area contributed by atoms with E-state index in [0.29, 0.717) is 62.4 Å². The standard InChI is InChI=1S/C26H24ClN5O2/c1-4-33-25-12-23-19(11-21(25)29)26(16(13-28)14-31-23)32-17-5-6-24(20(27)9-17)34-18-7-8-30-22(10-18)15(2)3/h5-12,14-15H,4,29H2,1-3H3,(H,31,32). The topological polar surface area (TPSA) is 106 Å². The Kier molecular flexibility index (Phi) is 6.71. The summed E-state index contributed by atoms with van der Waals surface area (Å²) >= 11 is 6.53. The molecule has 34 heavy (non-hydrogen) atoms. The minimum absolute atomic E-state index is 0.286. The molecule has 8 heteroatoms. The Hall–Kier alpha value is -4.02. The highest BCUT2D eigenvalue weighted by Crippen LogP contribution is 2.37. The highest BCUT2D eigenvalue weighted by molar-refractivity contribution is 6.32. The van der Waals surface area contributed by atoms with Crippen molar-refractivity contribution in [2.45, 2.75) is 26.7 Å². The number of nitrogen functional groups attached to an aromatic ring is 1. The lowest BCUT2D eigenvalue weighted by Gasteiger charge is -2.15. The van der Waals surface area contributed by atoms with E-state index in [1.807, 2.05) is 19.1 Å². The minimum atomic E-state index is 0.286. The van der Waals surface area contributed by atoms with Gasteiger partial charge in [0.1, 0.15) is 23.3 Å². The zero-order chi connectivity index (χ0) is 24.2. The van der Waals surface area contributed by atoms with Crippen LogP contribution < -0.4 is 20.5 Å². The van der Waals surface area contributed by atoms with E-state index in [1.165, 1.54) is 6.20 Å². The van der Waals surface area contributed by atoms with E-state index in [-0.39, 0.29) is 5.92 Å². The van der Waals surface area contributed by atoms with Crippen LogP contribution in [-0.2, 0) is 0 Å². The molecule has 0 saturated heterocycles. The second kappa shape index (κ2) is 9.86. The predicted molar refractivity (Wildman–Crippen MR) is 135 cm³/mol. The number of pyridine rings is 2. The third-order valence-electron chi connectivity index (χ3n) is 5.19. The van der Waals surface area contributed by atoms with Crippen molar-refractivity contribution in [3.8, 4) is 23.3 Å². The molecule has 172 valence electrons. The van der Waals surface area contributed by atoms with Gasteiger partial charge in [-0.1, -0.05) is 25.4 Å². The number of halogens is 1. The molecule has 4 rings (SSSR count). The SMILES string of the molecule is CCOc1cc2ncc(C#N)c(Nc3ccc(Oc4ccnc(C(C)C)c4)c(Cl)c3)c2cc1N. The number of nitrogens with zero attached hydrogens (tertiary/aromatic N) is 3. The number of hydrogen-bond acceptors (Lipinski definition) is 7. The number of anilines is 3. The molecule has 3 N–H and O–H groups in total. The summed E-state index contributed by atoms with van der Waals surface area (Å²) in [6.45, 7) is 6.52. The molecule has 0 aliphatic rings. The summed E-state index contributed by atoms with van der Waals surface area (Å²) in [5, 5.41) is 14.1. The number of rotatable bonds is 7. The minimum Gasteiger partial charge on any atom is -0.492 e. The normalized spacial score (nSPS) is 10.8. The van der Waals surface area contributed by atoms with Gasteiger partial charge in [0.25, 0.3) is 0 Å². The van der Waals surface area contributed by atoms with Crippen LogP contribution in [0, 0.1) is 11.3 Å². The number of ether oxygens (including phenoxy) is 2. The van der Waals surface area contributed by atoms with Gasteiger partial charge in [0, 0.05) is 41.3 Å². The summed E-state index contributed by atoms with van der Waals surface area (Å²) in [7, 11) is 0. The monoisotopic (exact) mass is 473 g/mol. The van der Waals surface area contributed by atoms with E-state index in [1.54, 1.807) is 36.5 Å². The zero-order valence-electron chi connectivity index (χ0n) is 19.1. The quantitative estimate of drug-likeness (QED) is 0.284. The molecule has 0 bridgehead atoms. The Labute approximate surface area is 203 Å². The van der Waals surface area contributed by atoms with Crippen LogP contribution in [0.2, 0.25) is 5.02 Å². The van der Waals surface area contributed by atoms with Crippen molar-refractivity contribution in [2.75, 3.05) is 17.7 Å². The van der Waals surface area contributed by atoms with Crippen molar-refractivity contribution in [3.05, 3.63) is 71.1 Å². The molecule has 7 nitrogen and oxygen atoms in total. The van der Waals surface area contributed by atoms with Crippen molar-refractivity contribution >= 4 is 39.6 Å². The van der Waals surface area contributed by atoms with Gasteiger partial charge in [-0.2, -0.15) is 5.26 Å². The predicted octanol–water partition coefficient (Wildman–Crippen LogP) is 6.80. The highest BCUT2D eigenvalue weighted by Gasteiger charge is 2.14. The number of nitriles is 1. The Morgan fingerprint density at radius 2 is 1.94 bits per heavy atom. The van der Waals surface area contributed by atoms with Crippen LogP contribution in [0.15, 0.2) is 54.9 Å². The summed E-state index contributed by atoms with van der Waals surface area (Å²) < 4.78 is 11.6. The van der Waals surface area contributed by atoms with Gasteiger partial charge < -0.3 is 20.5 Å². The number of nitrogens with one attached hydrogen (secondary N) is 1. The average Bonchev–Trinajstić information content (AvgIpc) is 2.82. The van der Waals surface area contributed by atoms with Gasteiger partial charge in [-0.15, -0.1) is 0 Å². The van der Waals surface area contributed by atoms with E-state index in [0.717, 1.165) is 5.69 Å². The van der Waals surface area contributed by atoms with Crippen molar-refractivity contribution < 1.29 is 9.47 Å². The van der Waals surface area contributed by atoms with Gasteiger partial charge >= 0.3 is 0 Å². The van der Waals surface area contributed by atoms with E-state index < -0.39 is 0 Å². The zero-order valence-corrected chi connectivity index (χ0v) is 19.8. The van der Waals surface area contributed by atoms with Crippen LogP contribution in [0.4, 0.5) is 17.1 Å². The maximum Gasteiger partial charge on any atom is 0.146 e. The first kappa shape index (κ1) is 23.1. The molecule has 0 radical (unpaired) electrons. The molecule has 2 heterocycles. The van der Waals surface area contributed by atoms with Crippen molar-refractivity contribution in [2.24, 2.45) is 0 Å².